The maximum absolute atomic E-state index is 6.87. The first-order valence-corrected chi connectivity index (χ1v) is 23.4. The van der Waals surface area contributed by atoms with Crippen molar-refractivity contribution < 1.29 is 4.42 Å². The van der Waals surface area contributed by atoms with Gasteiger partial charge in [-0.1, -0.05) is 145 Å². The Morgan fingerprint density at radius 1 is 0.485 bits per heavy atom. The van der Waals surface area contributed by atoms with E-state index in [1.807, 2.05) is 0 Å². The number of hydrogen-bond donors (Lipinski definition) is 0. The minimum absolute atomic E-state index is 0.0343. The summed E-state index contributed by atoms with van der Waals surface area (Å²) in [5, 5.41) is 7.30. The number of nitrogens with zero attached hydrogens (tertiary/aromatic N) is 3. The number of para-hydroxylation sites is 3. The fourth-order valence-corrected chi connectivity index (χ4v) is 11.2. The molecule has 0 aliphatic carbocycles. The Hall–Kier alpha value is -7.50. The average Bonchev–Trinajstić information content (AvgIpc) is 3.85. The van der Waals surface area contributed by atoms with Crippen LogP contribution in [0.3, 0.4) is 0 Å². The van der Waals surface area contributed by atoms with Crippen LogP contribution in [0.4, 0.5) is 34.1 Å². The molecule has 0 atom stereocenters. The van der Waals surface area contributed by atoms with E-state index in [1.54, 1.807) is 0 Å². The Kier molecular flexibility index (Phi) is 8.12. The topological polar surface area (TPSA) is 24.6 Å². The maximum Gasteiger partial charge on any atom is 0.333 e. The van der Waals surface area contributed by atoms with Gasteiger partial charge in [0.25, 0.3) is 0 Å². The number of hydrogen-bond acceptors (Lipinski definition) is 3. The Labute approximate surface area is 386 Å². The third kappa shape index (κ3) is 5.65. The summed E-state index contributed by atoms with van der Waals surface area (Å²) in [6, 6.07) is 66.0. The van der Waals surface area contributed by atoms with Crippen LogP contribution in [-0.2, 0) is 10.8 Å². The lowest BCUT2D eigenvalue weighted by Gasteiger charge is -2.41. The molecule has 2 aromatic heterocycles. The summed E-state index contributed by atoms with van der Waals surface area (Å²) in [5.41, 5.74) is 20.0. The molecule has 0 spiro atoms. The third-order valence-electron chi connectivity index (χ3n) is 14.5. The first-order valence-electron chi connectivity index (χ1n) is 23.4. The van der Waals surface area contributed by atoms with Gasteiger partial charge in [0.2, 0.25) is 0 Å². The predicted molar refractivity (Wildman–Crippen MR) is 282 cm³/mol. The number of anilines is 6. The highest BCUT2D eigenvalue weighted by Gasteiger charge is 2.44. The fraction of sp³-hybridized carbons (Fsp3) is 0.148. The lowest BCUT2D eigenvalue weighted by atomic mass is 9.45. The van der Waals surface area contributed by atoms with Crippen molar-refractivity contribution in [3.05, 3.63) is 193 Å². The van der Waals surface area contributed by atoms with Crippen LogP contribution in [0.1, 0.15) is 58.2 Å². The van der Waals surface area contributed by atoms with Crippen molar-refractivity contribution >= 4 is 106 Å². The SMILES string of the molecule is Cc1cc2c3c(c1)N(c1cccc4c1oc1ccccc14)c1ccc(N(c4ccc(C(C)(C)C)cc4)c4ccc(C(C)(C)C)cc4)cc1B3n1c3cc4ccccc4cc3c3cccc-2c31. The van der Waals surface area contributed by atoms with E-state index >= 15 is 0 Å². The lowest BCUT2D eigenvalue weighted by Crippen LogP contribution is -2.56. The quantitative estimate of drug-likeness (QED) is 0.165. The summed E-state index contributed by atoms with van der Waals surface area (Å²) in [7, 11) is 0. The summed E-state index contributed by atoms with van der Waals surface area (Å²) < 4.78 is 9.55. The Bertz CT molecular complexity index is 3750. The van der Waals surface area contributed by atoms with Crippen LogP contribution in [-0.4, -0.2) is 11.3 Å². The summed E-state index contributed by atoms with van der Waals surface area (Å²) in [6.07, 6.45) is 0. The number of aromatic nitrogens is 1. The van der Waals surface area contributed by atoms with Crippen molar-refractivity contribution in [2.45, 2.75) is 59.3 Å². The van der Waals surface area contributed by atoms with Gasteiger partial charge in [-0.3, -0.25) is 0 Å². The largest absolute Gasteiger partial charge is 0.454 e. The van der Waals surface area contributed by atoms with Gasteiger partial charge in [-0.05, 0) is 135 Å². The molecule has 0 radical (unpaired) electrons. The molecular formula is C61H50BN3O. The van der Waals surface area contributed by atoms with E-state index < -0.39 is 0 Å². The van der Waals surface area contributed by atoms with Gasteiger partial charge >= 0.3 is 6.85 Å². The number of furan rings is 1. The van der Waals surface area contributed by atoms with Gasteiger partial charge < -0.3 is 18.7 Å². The van der Waals surface area contributed by atoms with Crippen molar-refractivity contribution in [3.63, 3.8) is 0 Å². The molecule has 318 valence electrons. The zero-order valence-corrected chi connectivity index (χ0v) is 38.6. The van der Waals surface area contributed by atoms with E-state index in [9.17, 15) is 0 Å². The molecule has 5 heteroatoms. The molecule has 0 N–H and O–H groups in total. The van der Waals surface area contributed by atoms with Crippen molar-refractivity contribution in [1.29, 1.82) is 0 Å². The van der Waals surface area contributed by atoms with Gasteiger partial charge in [0.05, 0.1) is 5.69 Å². The third-order valence-corrected chi connectivity index (χ3v) is 14.5. The van der Waals surface area contributed by atoms with Gasteiger partial charge in [0.1, 0.15) is 5.58 Å². The van der Waals surface area contributed by atoms with Crippen molar-refractivity contribution in [2.24, 2.45) is 0 Å². The van der Waals surface area contributed by atoms with Crippen molar-refractivity contribution in [3.8, 4) is 11.1 Å². The molecule has 4 nitrogen and oxygen atoms in total. The second-order valence-electron chi connectivity index (χ2n) is 20.7. The highest BCUT2D eigenvalue weighted by molar-refractivity contribution is 6.90. The molecule has 0 amide bonds. The zero-order chi connectivity index (χ0) is 44.8. The maximum atomic E-state index is 6.87. The molecule has 0 bridgehead atoms. The van der Waals surface area contributed by atoms with E-state index in [4.69, 9.17) is 4.42 Å². The molecule has 4 heterocycles. The van der Waals surface area contributed by atoms with E-state index in [1.165, 1.54) is 77.0 Å². The Balaban J connectivity index is 1.13. The number of fused-ring (bicyclic) bond motifs is 11. The van der Waals surface area contributed by atoms with Gasteiger partial charge in [-0.2, -0.15) is 0 Å². The first kappa shape index (κ1) is 38.9. The van der Waals surface area contributed by atoms with Crippen LogP contribution >= 0.6 is 0 Å². The second kappa shape index (κ2) is 13.8. The van der Waals surface area contributed by atoms with E-state index in [-0.39, 0.29) is 17.7 Å². The fourth-order valence-electron chi connectivity index (χ4n) is 11.2. The van der Waals surface area contributed by atoms with Crippen molar-refractivity contribution in [1.82, 2.24) is 4.48 Å². The number of benzene rings is 9. The van der Waals surface area contributed by atoms with E-state index in [2.05, 4.69) is 239 Å². The summed E-state index contributed by atoms with van der Waals surface area (Å²) >= 11 is 0. The lowest BCUT2D eigenvalue weighted by molar-refractivity contribution is 0.590. The number of rotatable bonds is 4. The molecule has 11 aromatic rings. The van der Waals surface area contributed by atoms with Crippen LogP contribution in [0, 0.1) is 6.92 Å². The first-order chi connectivity index (χ1) is 31.9. The van der Waals surface area contributed by atoms with Gasteiger partial charge in [0, 0.05) is 66.6 Å². The van der Waals surface area contributed by atoms with Crippen LogP contribution in [0.15, 0.2) is 180 Å². The highest BCUT2D eigenvalue weighted by atomic mass is 16.3. The minimum Gasteiger partial charge on any atom is -0.454 e. The molecule has 0 fully saturated rings. The molecular weight excluding hydrogens is 802 g/mol. The number of aryl methyl sites for hydroxylation is 1. The Morgan fingerprint density at radius 3 is 1.82 bits per heavy atom. The smallest absolute Gasteiger partial charge is 0.333 e. The Morgan fingerprint density at radius 2 is 1.11 bits per heavy atom. The highest BCUT2D eigenvalue weighted by Crippen LogP contribution is 2.49. The van der Waals surface area contributed by atoms with Crippen molar-refractivity contribution in [2.75, 3.05) is 9.80 Å². The van der Waals surface area contributed by atoms with E-state index in [0.717, 1.165) is 50.4 Å². The molecule has 0 unspecified atom stereocenters. The molecule has 2 aliphatic heterocycles. The monoisotopic (exact) mass is 851 g/mol. The molecule has 13 rings (SSSR count). The van der Waals surface area contributed by atoms with Crippen LogP contribution < -0.4 is 20.7 Å². The molecule has 0 saturated heterocycles. The molecule has 9 aromatic carbocycles. The average molecular weight is 852 g/mol. The van der Waals surface area contributed by atoms with Gasteiger partial charge in [-0.25, -0.2) is 0 Å². The van der Waals surface area contributed by atoms with Crippen LogP contribution in [0.2, 0.25) is 0 Å². The summed E-state index contributed by atoms with van der Waals surface area (Å²) in [5.74, 6) is 0. The van der Waals surface area contributed by atoms with Crippen LogP contribution in [0.5, 0.6) is 0 Å². The summed E-state index contributed by atoms with van der Waals surface area (Å²) in [6.45, 7) is 15.8. The standard InChI is InChI=1S/C61H50BN3O/c1-37-32-50-47-18-12-17-46-49-34-38-14-8-9-15-39(38)35-54(49)65(58(46)47)62-51-36-44(63(42-26-22-40(23-27-42)60(2,3)4)43-28-24-41(25-29-43)61(5,6)7)30-31-52(51)64(55(33-37)57(50)62)53-20-13-19-48-45-16-10-11-21-56(45)66-59(48)53/h8-36H,1-7H3. The van der Waals surface area contributed by atoms with E-state index in [0.29, 0.717) is 0 Å². The van der Waals surface area contributed by atoms with Gasteiger partial charge in [0.15, 0.2) is 5.58 Å². The van der Waals surface area contributed by atoms with Gasteiger partial charge in [-0.15, -0.1) is 0 Å². The second-order valence-corrected chi connectivity index (χ2v) is 20.7. The normalized spacial score (nSPS) is 13.3. The van der Waals surface area contributed by atoms with Crippen LogP contribution in [0.25, 0.3) is 65.6 Å². The molecule has 0 saturated carbocycles. The molecule has 66 heavy (non-hydrogen) atoms. The molecule has 2 aliphatic rings. The minimum atomic E-state index is -0.124. The predicted octanol–water partition coefficient (Wildman–Crippen LogP) is 15.6. The zero-order valence-electron chi connectivity index (χ0n) is 38.6. The summed E-state index contributed by atoms with van der Waals surface area (Å²) in [4.78, 5) is 4.95.